The number of piperidine rings is 1. The lowest BCUT2D eigenvalue weighted by Gasteiger charge is -2.24. The molecule has 15 heavy (non-hydrogen) atoms. The molecule has 0 radical (unpaired) electrons. The van der Waals surface area contributed by atoms with E-state index in [2.05, 4.69) is 22.0 Å². The van der Waals surface area contributed by atoms with Crippen molar-refractivity contribution in [3.05, 3.63) is 0 Å². The summed E-state index contributed by atoms with van der Waals surface area (Å²) >= 11 is 2.15. The van der Waals surface area contributed by atoms with Crippen LogP contribution in [0.25, 0.3) is 0 Å². The van der Waals surface area contributed by atoms with Gasteiger partial charge < -0.3 is 10.2 Å². The van der Waals surface area contributed by atoms with Crippen LogP contribution in [-0.2, 0) is 0 Å². The molecule has 86 valence electrons. The van der Waals surface area contributed by atoms with Gasteiger partial charge >= 0.3 is 0 Å². The van der Waals surface area contributed by atoms with Gasteiger partial charge in [-0.25, -0.2) is 0 Å². The standard InChI is InChI=1S/C12H22N2S/c1-2-11-7-14(8-12(11)13-4-1)6-10-3-5-15-9-10/h10-13H,1-9H2. The molecule has 0 aliphatic carbocycles. The number of rotatable bonds is 2. The first-order valence-corrected chi connectivity index (χ1v) is 7.61. The van der Waals surface area contributed by atoms with Gasteiger partial charge in [-0.2, -0.15) is 11.8 Å². The lowest BCUT2D eigenvalue weighted by molar-refractivity contribution is 0.279. The summed E-state index contributed by atoms with van der Waals surface area (Å²) in [6, 6.07) is 0.827. The lowest BCUT2D eigenvalue weighted by Crippen LogP contribution is -2.40. The molecule has 0 saturated carbocycles. The molecule has 3 aliphatic rings. The van der Waals surface area contributed by atoms with Gasteiger partial charge in [0.1, 0.15) is 0 Å². The smallest absolute Gasteiger partial charge is 0.0235 e. The SMILES string of the molecule is C1CNC2CN(CC3CCSC3)CC2C1. The summed E-state index contributed by atoms with van der Waals surface area (Å²) < 4.78 is 0. The van der Waals surface area contributed by atoms with Crippen molar-refractivity contribution in [3.8, 4) is 0 Å². The first-order valence-electron chi connectivity index (χ1n) is 6.45. The molecule has 2 nitrogen and oxygen atoms in total. The maximum Gasteiger partial charge on any atom is 0.0235 e. The maximum atomic E-state index is 3.69. The quantitative estimate of drug-likeness (QED) is 0.767. The highest BCUT2D eigenvalue weighted by atomic mass is 32.2. The normalized spacial score (nSPS) is 42.0. The van der Waals surface area contributed by atoms with E-state index in [1.165, 1.54) is 56.9 Å². The Kier molecular flexibility index (Phi) is 3.23. The molecule has 3 heteroatoms. The van der Waals surface area contributed by atoms with Crippen LogP contribution < -0.4 is 5.32 Å². The van der Waals surface area contributed by atoms with E-state index in [-0.39, 0.29) is 0 Å². The first kappa shape index (κ1) is 10.4. The zero-order valence-electron chi connectivity index (χ0n) is 9.45. The second kappa shape index (κ2) is 4.64. The summed E-state index contributed by atoms with van der Waals surface area (Å²) in [5.74, 6) is 4.78. The van der Waals surface area contributed by atoms with Crippen molar-refractivity contribution >= 4 is 11.8 Å². The summed E-state index contributed by atoms with van der Waals surface area (Å²) in [5.41, 5.74) is 0. The molecule has 0 aromatic rings. The highest BCUT2D eigenvalue weighted by Gasteiger charge is 2.35. The van der Waals surface area contributed by atoms with Gasteiger partial charge in [0.05, 0.1) is 0 Å². The van der Waals surface area contributed by atoms with Crippen LogP contribution in [0.4, 0.5) is 0 Å². The lowest BCUT2D eigenvalue weighted by atomic mass is 9.94. The van der Waals surface area contributed by atoms with Crippen molar-refractivity contribution < 1.29 is 0 Å². The third-order valence-electron chi connectivity index (χ3n) is 4.22. The van der Waals surface area contributed by atoms with Crippen LogP contribution in [0.3, 0.4) is 0 Å². The molecule has 0 aromatic heterocycles. The van der Waals surface area contributed by atoms with Crippen molar-refractivity contribution in [1.82, 2.24) is 10.2 Å². The van der Waals surface area contributed by atoms with E-state index in [9.17, 15) is 0 Å². The fourth-order valence-electron chi connectivity index (χ4n) is 3.38. The minimum absolute atomic E-state index is 0.827. The number of thioether (sulfide) groups is 1. The van der Waals surface area contributed by atoms with Crippen molar-refractivity contribution in [3.63, 3.8) is 0 Å². The van der Waals surface area contributed by atoms with Crippen molar-refractivity contribution in [2.24, 2.45) is 11.8 Å². The van der Waals surface area contributed by atoms with Crippen molar-refractivity contribution in [1.29, 1.82) is 0 Å². The number of fused-ring (bicyclic) bond motifs is 1. The molecule has 0 bridgehead atoms. The molecule has 3 rings (SSSR count). The molecule has 3 atom stereocenters. The van der Waals surface area contributed by atoms with Crippen LogP contribution in [0.1, 0.15) is 19.3 Å². The van der Waals surface area contributed by atoms with Gasteiger partial charge in [0.2, 0.25) is 0 Å². The van der Waals surface area contributed by atoms with Gasteiger partial charge in [0.25, 0.3) is 0 Å². The second-order valence-corrected chi connectivity index (χ2v) is 6.56. The zero-order valence-corrected chi connectivity index (χ0v) is 10.3. The molecular weight excluding hydrogens is 204 g/mol. The highest BCUT2D eigenvalue weighted by Crippen LogP contribution is 2.29. The Morgan fingerprint density at radius 3 is 3.07 bits per heavy atom. The summed E-state index contributed by atoms with van der Waals surface area (Å²) in [4.78, 5) is 2.73. The van der Waals surface area contributed by atoms with E-state index in [1.807, 2.05) is 0 Å². The molecule has 0 spiro atoms. The monoisotopic (exact) mass is 226 g/mol. The van der Waals surface area contributed by atoms with E-state index < -0.39 is 0 Å². The fourth-order valence-corrected chi connectivity index (χ4v) is 4.65. The molecule has 0 aromatic carbocycles. The summed E-state index contributed by atoms with van der Waals surface area (Å²) in [7, 11) is 0. The maximum absolute atomic E-state index is 3.69. The Morgan fingerprint density at radius 1 is 1.27 bits per heavy atom. The topological polar surface area (TPSA) is 15.3 Å². The average molecular weight is 226 g/mol. The molecule has 1 N–H and O–H groups in total. The summed E-state index contributed by atoms with van der Waals surface area (Å²) in [6.07, 6.45) is 4.33. The molecule has 3 aliphatic heterocycles. The van der Waals surface area contributed by atoms with Gasteiger partial charge in [0.15, 0.2) is 0 Å². The average Bonchev–Trinajstić information content (AvgIpc) is 2.86. The van der Waals surface area contributed by atoms with Gasteiger partial charge in [0, 0.05) is 25.7 Å². The minimum atomic E-state index is 0.827. The Balaban J connectivity index is 1.51. The predicted octanol–water partition coefficient (Wildman–Crippen LogP) is 1.42. The largest absolute Gasteiger partial charge is 0.312 e. The Hall–Kier alpha value is 0.270. The van der Waals surface area contributed by atoms with Gasteiger partial charge in [-0.15, -0.1) is 0 Å². The van der Waals surface area contributed by atoms with Crippen LogP contribution in [0.5, 0.6) is 0 Å². The zero-order chi connectivity index (χ0) is 10.1. The summed E-state index contributed by atoms with van der Waals surface area (Å²) in [5, 5.41) is 3.69. The Labute approximate surface area is 97.2 Å². The second-order valence-electron chi connectivity index (χ2n) is 5.41. The number of nitrogens with zero attached hydrogens (tertiary/aromatic N) is 1. The first-order chi connectivity index (χ1) is 7.42. The van der Waals surface area contributed by atoms with Crippen molar-refractivity contribution in [2.75, 3.05) is 37.7 Å². The Morgan fingerprint density at radius 2 is 2.27 bits per heavy atom. The summed E-state index contributed by atoms with van der Waals surface area (Å²) in [6.45, 7) is 5.33. The Bertz CT molecular complexity index is 202. The van der Waals surface area contributed by atoms with Crippen molar-refractivity contribution in [2.45, 2.75) is 25.3 Å². The van der Waals surface area contributed by atoms with Crippen LogP contribution in [0, 0.1) is 11.8 Å². The molecule has 0 amide bonds. The highest BCUT2D eigenvalue weighted by molar-refractivity contribution is 7.99. The molecule has 3 saturated heterocycles. The predicted molar refractivity (Wildman–Crippen MR) is 66.4 cm³/mol. The van der Waals surface area contributed by atoms with Gasteiger partial charge in [-0.05, 0) is 49.1 Å². The van der Waals surface area contributed by atoms with E-state index >= 15 is 0 Å². The number of hydrogen-bond donors (Lipinski definition) is 1. The molecule has 3 fully saturated rings. The minimum Gasteiger partial charge on any atom is -0.312 e. The third-order valence-corrected chi connectivity index (χ3v) is 5.45. The van der Waals surface area contributed by atoms with E-state index in [1.54, 1.807) is 0 Å². The third kappa shape index (κ3) is 2.34. The molecule has 3 heterocycles. The van der Waals surface area contributed by atoms with E-state index in [4.69, 9.17) is 0 Å². The van der Waals surface area contributed by atoms with Crippen LogP contribution >= 0.6 is 11.8 Å². The van der Waals surface area contributed by atoms with Crippen LogP contribution in [0.2, 0.25) is 0 Å². The molecular formula is C12H22N2S. The number of likely N-dealkylation sites (tertiary alicyclic amines) is 1. The van der Waals surface area contributed by atoms with Crippen LogP contribution in [0.15, 0.2) is 0 Å². The van der Waals surface area contributed by atoms with E-state index in [0.29, 0.717) is 0 Å². The van der Waals surface area contributed by atoms with Crippen LogP contribution in [-0.4, -0.2) is 48.6 Å². The number of hydrogen-bond acceptors (Lipinski definition) is 3. The number of nitrogens with one attached hydrogen (secondary N) is 1. The molecule has 3 unspecified atom stereocenters. The van der Waals surface area contributed by atoms with Gasteiger partial charge in [-0.3, -0.25) is 0 Å². The van der Waals surface area contributed by atoms with Gasteiger partial charge in [-0.1, -0.05) is 0 Å². The fraction of sp³-hybridized carbons (Fsp3) is 1.00. The van der Waals surface area contributed by atoms with E-state index in [0.717, 1.165) is 17.9 Å².